The number of carbonyl (C=O) groups is 1. The predicted octanol–water partition coefficient (Wildman–Crippen LogP) is 4.28. The van der Waals surface area contributed by atoms with E-state index in [1.54, 1.807) is 20.2 Å². The van der Waals surface area contributed by atoms with Gasteiger partial charge in [-0.15, -0.1) is 0 Å². The van der Waals surface area contributed by atoms with Crippen LogP contribution in [0.15, 0.2) is 47.0 Å². The van der Waals surface area contributed by atoms with Crippen LogP contribution in [0.4, 0.5) is 0 Å². The number of allylic oxidation sites excluding steroid dienone is 1. The zero-order valence-electron chi connectivity index (χ0n) is 13.9. The van der Waals surface area contributed by atoms with Crippen LogP contribution in [0, 0.1) is 0 Å². The number of nitrogens with zero attached hydrogens (tertiary/aromatic N) is 2. The van der Waals surface area contributed by atoms with Gasteiger partial charge in [-0.05, 0) is 30.5 Å². The molecule has 2 rings (SSSR count). The maximum absolute atomic E-state index is 10.7. The van der Waals surface area contributed by atoms with Crippen molar-refractivity contribution >= 4 is 23.4 Å². The zero-order valence-corrected chi connectivity index (χ0v) is 13.9. The summed E-state index contributed by atoms with van der Waals surface area (Å²) in [4.78, 5) is 14.9. The van der Waals surface area contributed by atoms with Crippen LogP contribution < -0.4 is 5.49 Å². The summed E-state index contributed by atoms with van der Waals surface area (Å²) in [6, 6.07) is 12.0. The van der Waals surface area contributed by atoms with Crippen molar-refractivity contribution in [2.24, 2.45) is 4.99 Å². The largest absolute Gasteiger partial charge is 0.301 e. The molecule has 1 aromatic heterocycles. The summed E-state index contributed by atoms with van der Waals surface area (Å²) in [5, 5.41) is 1.12. The maximum Gasteiger partial charge on any atom is 0.147 e. The summed E-state index contributed by atoms with van der Waals surface area (Å²) in [6.07, 6.45) is 2.64. The molecule has 3 heteroatoms. The van der Waals surface area contributed by atoms with E-state index in [0.717, 1.165) is 22.7 Å². The molecule has 1 heterocycles. The number of aldehydes is 1. The molecule has 2 aromatic rings. The number of pyridine rings is 1. The summed E-state index contributed by atoms with van der Waals surface area (Å²) in [7, 11) is 1.74. The third kappa shape index (κ3) is 5.03. The average Bonchev–Trinajstić information content (AvgIpc) is 2.58. The van der Waals surface area contributed by atoms with Gasteiger partial charge in [0.05, 0.1) is 5.52 Å². The Bertz CT molecular complexity index is 652. The van der Waals surface area contributed by atoms with E-state index in [2.05, 4.69) is 4.99 Å². The fraction of sp³-hybridized carbons (Fsp3) is 0.333. The second-order valence-electron chi connectivity index (χ2n) is 3.83. The van der Waals surface area contributed by atoms with Crippen LogP contribution in [-0.4, -0.2) is 17.9 Å². The molecule has 0 amide bonds. The first-order valence-corrected chi connectivity index (χ1v) is 7.43. The van der Waals surface area contributed by atoms with Crippen LogP contribution in [-0.2, 0) is 4.79 Å². The predicted molar refractivity (Wildman–Crippen MR) is 92.1 cm³/mol. The highest BCUT2D eigenvalue weighted by atomic mass is 16.1. The van der Waals surface area contributed by atoms with E-state index in [9.17, 15) is 4.79 Å². The second kappa shape index (κ2) is 10.6. The molecular weight excluding hydrogens is 260 g/mol. The molecule has 0 bridgehead atoms. The lowest BCUT2D eigenvalue weighted by molar-refractivity contribution is -0.104. The molecule has 0 atom stereocenters. The van der Waals surface area contributed by atoms with Crippen molar-refractivity contribution in [3.05, 3.63) is 47.5 Å². The Labute approximate surface area is 127 Å². The van der Waals surface area contributed by atoms with Gasteiger partial charge < -0.3 is 4.57 Å². The molecule has 0 unspecified atom stereocenters. The molecule has 0 aliphatic rings. The van der Waals surface area contributed by atoms with Gasteiger partial charge in [-0.2, -0.15) is 0 Å². The van der Waals surface area contributed by atoms with Crippen molar-refractivity contribution in [3.8, 4) is 0 Å². The molecular formula is C18H26N2O. The van der Waals surface area contributed by atoms with Crippen molar-refractivity contribution in [2.75, 3.05) is 7.05 Å². The van der Waals surface area contributed by atoms with Gasteiger partial charge in [-0.1, -0.05) is 45.9 Å². The van der Waals surface area contributed by atoms with Crippen LogP contribution in [0.5, 0.6) is 0 Å². The molecule has 3 nitrogen and oxygen atoms in total. The summed E-state index contributed by atoms with van der Waals surface area (Å²) in [5.74, 6) is 0. The van der Waals surface area contributed by atoms with Gasteiger partial charge in [0.25, 0.3) is 0 Å². The normalized spacial score (nSPS) is 11.1. The Hall–Kier alpha value is -2.16. The van der Waals surface area contributed by atoms with Gasteiger partial charge in [0.15, 0.2) is 0 Å². The third-order valence-corrected chi connectivity index (χ3v) is 2.60. The standard InChI is InChI=1S/C14H14N2O.2C2H6/c1-11(10-17)9-16-13-6-4-3-5-12(13)7-8-14(16)15-2;2*1-2/h3-10H,1-2H3;2*1-2H3/b11-9-,15-14?;;. The maximum atomic E-state index is 10.7. The van der Waals surface area contributed by atoms with E-state index in [4.69, 9.17) is 0 Å². The van der Waals surface area contributed by atoms with Crippen molar-refractivity contribution < 1.29 is 4.79 Å². The Morgan fingerprint density at radius 3 is 2.24 bits per heavy atom. The van der Waals surface area contributed by atoms with E-state index in [-0.39, 0.29) is 0 Å². The molecule has 0 saturated carbocycles. The molecule has 0 aliphatic carbocycles. The molecule has 0 radical (unpaired) electrons. The smallest absolute Gasteiger partial charge is 0.147 e. The monoisotopic (exact) mass is 286 g/mol. The van der Waals surface area contributed by atoms with Crippen LogP contribution in [0.25, 0.3) is 17.1 Å². The molecule has 0 aliphatic heterocycles. The van der Waals surface area contributed by atoms with Crippen LogP contribution in [0.3, 0.4) is 0 Å². The minimum atomic E-state index is 0.663. The summed E-state index contributed by atoms with van der Waals surface area (Å²) in [6.45, 7) is 9.78. The lowest BCUT2D eigenvalue weighted by Crippen LogP contribution is -2.16. The number of para-hydroxylation sites is 1. The van der Waals surface area contributed by atoms with Gasteiger partial charge in [0, 0.05) is 18.8 Å². The minimum absolute atomic E-state index is 0.663. The van der Waals surface area contributed by atoms with Gasteiger partial charge in [0.2, 0.25) is 0 Å². The molecule has 0 fully saturated rings. The van der Waals surface area contributed by atoms with E-state index in [1.165, 1.54) is 0 Å². The van der Waals surface area contributed by atoms with Crippen molar-refractivity contribution in [1.29, 1.82) is 0 Å². The fourth-order valence-corrected chi connectivity index (χ4v) is 1.77. The molecule has 114 valence electrons. The number of carbonyl (C=O) groups excluding carboxylic acids is 1. The number of hydrogen-bond acceptors (Lipinski definition) is 2. The number of fused-ring (bicyclic) bond motifs is 1. The van der Waals surface area contributed by atoms with Crippen LogP contribution in [0.1, 0.15) is 34.6 Å². The van der Waals surface area contributed by atoms with Gasteiger partial charge in [-0.25, -0.2) is 0 Å². The zero-order chi connectivity index (χ0) is 16.3. The van der Waals surface area contributed by atoms with Crippen molar-refractivity contribution in [2.45, 2.75) is 34.6 Å². The Morgan fingerprint density at radius 1 is 1.05 bits per heavy atom. The van der Waals surface area contributed by atoms with Crippen molar-refractivity contribution in [1.82, 2.24) is 4.57 Å². The number of rotatable bonds is 2. The minimum Gasteiger partial charge on any atom is -0.301 e. The highest BCUT2D eigenvalue weighted by Gasteiger charge is 1.98. The highest BCUT2D eigenvalue weighted by molar-refractivity contribution is 5.83. The van der Waals surface area contributed by atoms with Gasteiger partial charge in [-0.3, -0.25) is 9.79 Å². The molecule has 0 N–H and O–H groups in total. The SMILES string of the molecule is CC.CC.CN=c1ccc2ccccc2n1/C=C(/C)C=O. The van der Waals surface area contributed by atoms with Gasteiger partial charge >= 0.3 is 0 Å². The van der Waals surface area contributed by atoms with Crippen LogP contribution in [0.2, 0.25) is 0 Å². The molecule has 1 aromatic carbocycles. The highest BCUT2D eigenvalue weighted by Crippen LogP contribution is 2.11. The third-order valence-electron chi connectivity index (χ3n) is 2.60. The van der Waals surface area contributed by atoms with Crippen molar-refractivity contribution in [3.63, 3.8) is 0 Å². The molecule has 21 heavy (non-hydrogen) atoms. The quantitative estimate of drug-likeness (QED) is 0.599. The van der Waals surface area contributed by atoms with Gasteiger partial charge in [0.1, 0.15) is 11.8 Å². The topological polar surface area (TPSA) is 34.4 Å². The fourth-order valence-electron chi connectivity index (χ4n) is 1.77. The van der Waals surface area contributed by atoms with E-state index in [0.29, 0.717) is 5.57 Å². The second-order valence-corrected chi connectivity index (χ2v) is 3.83. The number of hydrogen-bond donors (Lipinski definition) is 0. The molecule has 0 saturated heterocycles. The lowest BCUT2D eigenvalue weighted by atomic mass is 10.2. The lowest BCUT2D eigenvalue weighted by Gasteiger charge is -2.07. The summed E-state index contributed by atoms with van der Waals surface area (Å²) >= 11 is 0. The summed E-state index contributed by atoms with van der Waals surface area (Å²) in [5.41, 5.74) is 2.53. The Balaban J connectivity index is 0.000000921. The Morgan fingerprint density at radius 2 is 1.67 bits per heavy atom. The number of aromatic nitrogens is 1. The van der Waals surface area contributed by atoms with E-state index in [1.807, 2.05) is 68.7 Å². The van der Waals surface area contributed by atoms with E-state index >= 15 is 0 Å². The van der Waals surface area contributed by atoms with E-state index < -0.39 is 0 Å². The first-order chi connectivity index (χ1) is 10.3. The molecule has 0 spiro atoms. The first-order valence-electron chi connectivity index (χ1n) is 7.43. The van der Waals surface area contributed by atoms with Crippen LogP contribution >= 0.6 is 0 Å². The average molecular weight is 286 g/mol. The Kier molecular flexibility index (Phi) is 9.52. The number of benzene rings is 1. The summed E-state index contributed by atoms with van der Waals surface area (Å²) < 4.78 is 1.93. The first kappa shape index (κ1) is 18.8.